The van der Waals surface area contributed by atoms with E-state index in [1.54, 1.807) is 36.4 Å². The van der Waals surface area contributed by atoms with Crippen molar-refractivity contribution in [3.63, 3.8) is 0 Å². The second-order valence-electron chi connectivity index (χ2n) is 4.02. The lowest BCUT2D eigenvalue weighted by Gasteiger charge is -2.14. The normalized spacial score (nSPS) is 16.9. The SMILES string of the molecule is O=C1OC(Oc2ccc(Cl)cc2Cl)c2ccccc21. The summed E-state index contributed by atoms with van der Waals surface area (Å²) in [5.74, 6) is 0.0197. The number of carbonyl (C=O) groups is 1. The highest BCUT2D eigenvalue weighted by molar-refractivity contribution is 6.35. The number of cyclic esters (lactones) is 1. The number of hydrogen-bond donors (Lipinski definition) is 0. The van der Waals surface area contributed by atoms with E-state index in [1.807, 2.05) is 6.07 Å². The number of ether oxygens (including phenoxy) is 2. The van der Waals surface area contributed by atoms with Crippen molar-refractivity contribution in [3.05, 3.63) is 63.6 Å². The van der Waals surface area contributed by atoms with Gasteiger partial charge < -0.3 is 9.47 Å². The quantitative estimate of drug-likeness (QED) is 0.777. The Hall–Kier alpha value is -1.71. The highest BCUT2D eigenvalue weighted by atomic mass is 35.5. The first-order chi connectivity index (χ1) is 9.15. The lowest BCUT2D eigenvalue weighted by atomic mass is 10.1. The van der Waals surface area contributed by atoms with Gasteiger partial charge >= 0.3 is 5.97 Å². The molecule has 0 saturated heterocycles. The number of esters is 1. The molecular formula is C14H8Cl2O3. The summed E-state index contributed by atoms with van der Waals surface area (Å²) in [6, 6.07) is 11.9. The lowest BCUT2D eigenvalue weighted by molar-refractivity contribution is -0.0381. The minimum Gasteiger partial charge on any atom is -0.449 e. The molecule has 2 aromatic rings. The van der Waals surface area contributed by atoms with E-state index in [2.05, 4.69) is 0 Å². The van der Waals surface area contributed by atoms with Gasteiger partial charge in [0, 0.05) is 10.6 Å². The molecule has 0 fully saturated rings. The van der Waals surface area contributed by atoms with Gasteiger partial charge in [0.05, 0.1) is 10.6 Å². The molecule has 19 heavy (non-hydrogen) atoms. The first kappa shape index (κ1) is 12.3. The van der Waals surface area contributed by atoms with Gasteiger partial charge in [-0.3, -0.25) is 0 Å². The van der Waals surface area contributed by atoms with Crippen LogP contribution in [0.2, 0.25) is 10.0 Å². The van der Waals surface area contributed by atoms with E-state index in [4.69, 9.17) is 32.7 Å². The fraction of sp³-hybridized carbons (Fsp3) is 0.0714. The van der Waals surface area contributed by atoms with E-state index in [1.165, 1.54) is 0 Å². The topological polar surface area (TPSA) is 35.5 Å². The van der Waals surface area contributed by atoms with Crippen LogP contribution < -0.4 is 4.74 Å². The minimum absolute atomic E-state index is 0.368. The number of rotatable bonds is 2. The molecule has 96 valence electrons. The maximum atomic E-state index is 11.6. The van der Waals surface area contributed by atoms with Crippen molar-refractivity contribution in [2.24, 2.45) is 0 Å². The second-order valence-corrected chi connectivity index (χ2v) is 4.86. The fourth-order valence-electron chi connectivity index (χ4n) is 1.89. The molecule has 0 amide bonds. The third-order valence-electron chi connectivity index (χ3n) is 2.78. The van der Waals surface area contributed by atoms with Crippen LogP contribution in [-0.4, -0.2) is 5.97 Å². The molecule has 0 aromatic heterocycles. The van der Waals surface area contributed by atoms with Gasteiger partial charge in [0.25, 0.3) is 6.29 Å². The average Bonchev–Trinajstić information content (AvgIpc) is 2.71. The fourth-order valence-corrected chi connectivity index (χ4v) is 2.34. The summed E-state index contributed by atoms with van der Waals surface area (Å²) in [7, 11) is 0. The molecule has 2 aromatic carbocycles. The van der Waals surface area contributed by atoms with Crippen LogP contribution in [0.15, 0.2) is 42.5 Å². The number of carbonyl (C=O) groups excluding carboxylic acids is 1. The van der Waals surface area contributed by atoms with Gasteiger partial charge in [-0.2, -0.15) is 0 Å². The summed E-state index contributed by atoms with van der Waals surface area (Å²) in [6.45, 7) is 0. The lowest BCUT2D eigenvalue weighted by Crippen LogP contribution is -2.07. The van der Waals surface area contributed by atoms with Crippen LogP contribution in [0.4, 0.5) is 0 Å². The Labute approximate surface area is 119 Å². The van der Waals surface area contributed by atoms with Crippen LogP contribution in [0.3, 0.4) is 0 Å². The Morgan fingerprint density at radius 2 is 1.89 bits per heavy atom. The van der Waals surface area contributed by atoms with E-state index in [0.717, 1.165) is 0 Å². The molecule has 1 heterocycles. The van der Waals surface area contributed by atoms with Gasteiger partial charge in [0.1, 0.15) is 5.75 Å². The van der Waals surface area contributed by atoms with Gasteiger partial charge in [-0.1, -0.05) is 41.4 Å². The molecule has 0 bridgehead atoms. The van der Waals surface area contributed by atoms with Crippen molar-refractivity contribution in [2.75, 3.05) is 0 Å². The largest absolute Gasteiger partial charge is 0.449 e. The van der Waals surface area contributed by atoms with E-state index >= 15 is 0 Å². The van der Waals surface area contributed by atoms with Crippen LogP contribution in [0.5, 0.6) is 5.75 Å². The van der Waals surface area contributed by atoms with Gasteiger partial charge in [-0.25, -0.2) is 4.79 Å². The number of hydrogen-bond acceptors (Lipinski definition) is 3. The smallest absolute Gasteiger partial charge is 0.342 e. The molecule has 1 unspecified atom stereocenters. The minimum atomic E-state index is -0.776. The molecule has 0 aliphatic carbocycles. The van der Waals surface area contributed by atoms with Crippen molar-refractivity contribution >= 4 is 29.2 Å². The molecular weight excluding hydrogens is 287 g/mol. The van der Waals surface area contributed by atoms with Crippen LogP contribution in [0, 0.1) is 0 Å². The van der Waals surface area contributed by atoms with Gasteiger partial charge in [0.2, 0.25) is 0 Å². The molecule has 0 radical (unpaired) electrons. The summed E-state index contributed by atoms with van der Waals surface area (Å²) in [5.41, 5.74) is 1.20. The number of fused-ring (bicyclic) bond motifs is 1. The average molecular weight is 295 g/mol. The van der Waals surface area contributed by atoms with Crippen LogP contribution in [-0.2, 0) is 4.74 Å². The summed E-state index contributed by atoms with van der Waals surface area (Å²) in [6.07, 6.45) is -0.776. The molecule has 3 nitrogen and oxygen atoms in total. The van der Waals surface area contributed by atoms with E-state index in [0.29, 0.717) is 26.9 Å². The van der Waals surface area contributed by atoms with Crippen molar-refractivity contribution in [1.29, 1.82) is 0 Å². The maximum Gasteiger partial charge on any atom is 0.342 e. The third kappa shape index (κ3) is 2.27. The Bertz CT molecular complexity index is 655. The van der Waals surface area contributed by atoms with Gasteiger partial charge in [0.15, 0.2) is 0 Å². The van der Waals surface area contributed by atoms with Crippen LogP contribution >= 0.6 is 23.2 Å². The molecule has 0 saturated carbocycles. The highest BCUT2D eigenvalue weighted by Gasteiger charge is 2.32. The first-order valence-electron chi connectivity index (χ1n) is 5.57. The van der Waals surface area contributed by atoms with Crippen LogP contribution in [0.1, 0.15) is 22.2 Å². The summed E-state index contributed by atoms with van der Waals surface area (Å²) in [5, 5.41) is 0.883. The zero-order chi connectivity index (χ0) is 13.4. The Kier molecular flexibility index (Phi) is 3.09. The number of halogens is 2. The molecule has 1 aliphatic rings. The van der Waals surface area contributed by atoms with E-state index in [9.17, 15) is 4.79 Å². The monoisotopic (exact) mass is 294 g/mol. The van der Waals surface area contributed by atoms with Crippen molar-refractivity contribution in [1.82, 2.24) is 0 Å². The van der Waals surface area contributed by atoms with E-state index < -0.39 is 12.3 Å². The summed E-state index contributed by atoms with van der Waals surface area (Å²) >= 11 is 11.8. The Morgan fingerprint density at radius 1 is 1.11 bits per heavy atom. The predicted molar refractivity (Wildman–Crippen MR) is 71.7 cm³/mol. The molecule has 0 N–H and O–H groups in total. The first-order valence-corrected chi connectivity index (χ1v) is 6.32. The molecule has 5 heteroatoms. The zero-order valence-electron chi connectivity index (χ0n) is 9.60. The Morgan fingerprint density at radius 3 is 2.68 bits per heavy atom. The summed E-state index contributed by atoms with van der Waals surface area (Å²) < 4.78 is 10.8. The highest BCUT2D eigenvalue weighted by Crippen LogP contribution is 2.36. The standard InChI is InChI=1S/C14H8Cl2O3/c15-8-5-6-12(11(16)7-8)18-14-10-4-2-1-3-9(10)13(17)19-14/h1-7,14H. The maximum absolute atomic E-state index is 11.6. The number of benzene rings is 2. The molecule has 1 atom stereocenters. The third-order valence-corrected chi connectivity index (χ3v) is 3.31. The summed E-state index contributed by atoms with van der Waals surface area (Å²) in [4.78, 5) is 11.6. The molecule has 3 rings (SSSR count). The van der Waals surface area contributed by atoms with Crippen molar-refractivity contribution in [3.8, 4) is 5.75 Å². The van der Waals surface area contributed by atoms with Gasteiger partial charge in [-0.05, 0) is 24.3 Å². The molecule has 0 spiro atoms. The Balaban J connectivity index is 1.91. The molecule has 1 aliphatic heterocycles. The van der Waals surface area contributed by atoms with Gasteiger partial charge in [-0.15, -0.1) is 0 Å². The van der Waals surface area contributed by atoms with Crippen molar-refractivity contribution < 1.29 is 14.3 Å². The van der Waals surface area contributed by atoms with Crippen molar-refractivity contribution in [2.45, 2.75) is 6.29 Å². The van der Waals surface area contributed by atoms with Crippen LogP contribution in [0.25, 0.3) is 0 Å². The van der Waals surface area contributed by atoms with E-state index in [-0.39, 0.29) is 0 Å². The second kappa shape index (κ2) is 4.76. The zero-order valence-corrected chi connectivity index (χ0v) is 11.1. The predicted octanol–water partition coefficient (Wildman–Crippen LogP) is 4.24.